The maximum Gasteiger partial charge on any atom is 0.161 e. The van der Waals surface area contributed by atoms with Gasteiger partial charge in [-0.2, -0.15) is 0 Å². The molecule has 2 heterocycles. The van der Waals surface area contributed by atoms with E-state index in [1.807, 2.05) is 12.1 Å². The van der Waals surface area contributed by atoms with E-state index in [1.165, 1.54) is 5.57 Å². The summed E-state index contributed by atoms with van der Waals surface area (Å²) in [5.74, 6) is 1.02. The first-order chi connectivity index (χ1) is 7.66. The molecule has 1 aromatic heterocycles. The number of aromatic nitrogens is 1. The first-order valence-electron chi connectivity index (χ1n) is 5.54. The zero-order valence-electron chi connectivity index (χ0n) is 9.73. The molecule has 2 rings (SSSR count). The standard InChI is InChI=1S/C13H16N2O/c1-10-5-7-15(8-6-10)13-4-3-12(9-14-13)11(2)16/h3-5,9H,6-8H2,1-2H3. The van der Waals surface area contributed by atoms with Gasteiger partial charge in [-0.05, 0) is 32.4 Å². The Kier molecular flexibility index (Phi) is 3.04. The summed E-state index contributed by atoms with van der Waals surface area (Å²) in [6.45, 7) is 5.64. The SMILES string of the molecule is CC(=O)c1ccc(N2CC=C(C)CC2)nc1. The number of rotatable bonds is 2. The van der Waals surface area contributed by atoms with E-state index in [1.54, 1.807) is 13.1 Å². The van der Waals surface area contributed by atoms with Crippen LogP contribution in [-0.4, -0.2) is 23.9 Å². The summed E-state index contributed by atoms with van der Waals surface area (Å²) < 4.78 is 0. The fourth-order valence-corrected chi connectivity index (χ4v) is 1.76. The molecular weight excluding hydrogens is 200 g/mol. The van der Waals surface area contributed by atoms with Crippen molar-refractivity contribution in [3.63, 3.8) is 0 Å². The van der Waals surface area contributed by atoms with Crippen LogP contribution >= 0.6 is 0 Å². The second kappa shape index (κ2) is 4.47. The van der Waals surface area contributed by atoms with Gasteiger partial charge in [-0.1, -0.05) is 11.6 Å². The third-order valence-electron chi connectivity index (χ3n) is 2.91. The molecule has 1 aromatic rings. The third kappa shape index (κ3) is 2.30. The average molecular weight is 216 g/mol. The lowest BCUT2D eigenvalue weighted by molar-refractivity contribution is 0.101. The highest BCUT2D eigenvalue weighted by molar-refractivity contribution is 5.93. The summed E-state index contributed by atoms with van der Waals surface area (Å²) in [4.78, 5) is 17.7. The lowest BCUT2D eigenvalue weighted by Crippen LogP contribution is -2.28. The highest BCUT2D eigenvalue weighted by Gasteiger charge is 2.11. The van der Waals surface area contributed by atoms with Crippen molar-refractivity contribution in [2.24, 2.45) is 0 Å². The molecule has 3 nitrogen and oxygen atoms in total. The van der Waals surface area contributed by atoms with Crippen molar-refractivity contribution in [3.05, 3.63) is 35.5 Å². The zero-order chi connectivity index (χ0) is 11.5. The molecule has 0 aliphatic carbocycles. The van der Waals surface area contributed by atoms with Gasteiger partial charge in [0.25, 0.3) is 0 Å². The first-order valence-corrected chi connectivity index (χ1v) is 5.54. The minimum Gasteiger partial charge on any atom is -0.353 e. The largest absolute Gasteiger partial charge is 0.353 e. The monoisotopic (exact) mass is 216 g/mol. The van der Waals surface area contributed by atoms with Crippen LogP contribution in [0.4, 0.5) is 5.82 Å². The van der Waals surface area contributed by atoms with Crippen molar-refractivity contribution in [2.45, 2.75) is 20.3 Å². The summed E-state index contributed by atoms with van der Waals surface area (Å²) in [7, 11) is 0. The number of carbonyl (C=O) groups is 1. The van der Waals surface area contributed by atoms with Crippen LogP contribution in [0.2, 0.25) is 0 Å². The Bertz CT molecular complexity index is 420. The molecule has 84 valence electrons. The molecule has 0 unspecified atom stereocenters. The van der Waals surface area contributed by atoms with Crippen molar-refractivity contribution < 1.29 is 4.79 Å². The van der Waals surface area contributed by atoms with Gasteiger partial charge in [0.2, 0.25) is 0 Å². The molecule has 0 atom stereocenters. The summed E-state index contributed by atoms with van der Waals surface area (Å²) in [5, 5.41) is 0. The Hall–Kier alpha value is -1.64. The van der Waals surface area contributed by atoms with E-state index in [-0.39, 0.29) is 5.78 Å². The number of pyridine rings is 1. The van der Waals surface area contributed by atoms with Crippen molar-refractivity contribution in [2.75, 3.05) is 18.0 Å². The van der Waals surface area contributed by atoms with Gasteiger partial charge in [-0.3, -0.25) is 4.79 Å². The number of hydrogen-bond donors (Lipinski definition) is 0. The molecule has 0 N–H and O–H groups in total. The van der Waals surface area contributed by atoms with Crippen LogP contribution in [0.5, 0.6) is 0 Å². The lowest BCUT2D eigenvalue weighted by Gasteiger charge is -2.26. The smallest absolute Gasteiger partial charge is 0.161 e. The molecule has 1 aliphatic rings. The van der Waals surface area contributed by atoms with E-state index >= 15 is 0 Å². The van der Waals surface area contributed by atoms with Crippen LogP contribution < -0.4 is 4.90 Å². The average Bonchev–Trinajstić information content (AvgIpc) is 2.30. The molecule has 0 amide bonds. The summed E-state index contributed by atoms with van der Waals surface area (Å²) in [6.07, 6.45) is 4.98. The second-order valence-corrected chi connectivity index (χ2v) is 4.21. The predicted molar refractivity (Wildman–Crippen MR) is 64.8 cm³/mol. The van der Waals surface area contributed by atoms with Crippen LogP contribution in [0.25, 0.3) is 0 Å². The maximum atomic E-state index is 11.1. The minimum atomic E-state index is 0.0634. The molecule has 0 saturated heterocycles. The Labute approximate surface area is 95.8 Å². The van der Waals surface area contributed by atoms with E-state index in [4.69, 9.17) is 0 Å². The van der Waals surface area contributed by atoms with Gasteiger partial charge in [0.15, 0.2) is 5.78 Å². The number of ketones is 1. The highest BCUT2D eigenvalue weighted by Crippen LogP contribution is 2.17. The molecule has 3 heteroatoms. The van der Waals surface area contributed by atoms with E-state index in [0.717, 1.165) is 25.3 Å². The highest BCUT2D eigenvalue weighted by atomic mass is 16.1. The third-order valence-corrected chi connectivity index (χ3v) is 2.91. The topological polar surface area (TPSA) is 33.2 Å². The number of hydrogen-bond acceptors (Lipinski definition) is 3. The number of carbonyl (C=O) groups excluding carboxylic acids is 1. The van der Waals surface area contributed by atoms with Crippen LogP contribution in [0, 0.1) is 0 Å². The van der Waals surface area contributed by atoms with Gasteiger partial charge in [0.05, 0.1) is 0 Å². The molecular formula is C13H16N2O. The summed E-state index contributed by atoms with van der Waals surface area (Å²) in [5.41, 5.74) is 2.11. The maximum absolute atomic E-state index is 11.1. The zero-order valence-corrected chi connectivity index (χ0v) is 9.73. The molecule has 0 spiro atoms. The van der Waals surface area contributed by atoms with Crippen molar-refractivity contribution in [1.82, 2.24) is 4.98 Å². The van der Waals surface area contributed by atoms with Crippen molar-refractivity contribution in [3.8, 4) is 0 Å². The first kappa shape index (κ1) is 10.9. The number of anilines is 1. The Balaban J connectivity index is 2.13. The molecule has 0 aromatic carbocycles. The van der Waals surface area contributed by atoms with Gasteiger partial charge in [0.1, 0.15) is 5.82 Å². The number of Topliss-reactive ketones (excluding diaryl/α,β-unsaturated/α-hetero) is 1. The lowest BCUT2D eigenvalue weighted by atomic mass is 10.1. The molecule has 1 aliphatic heterocycles. The fourth-order valence-electron chi connectivity index (χ4n) is 1.76. The van der Waals surface area contributed by atoms with Crippen molar-refractivity contribution in [1.29, 1.82) is 0 Å². The van der Waals surface area contributed by atoms with Gasteiger partial charge in [0, 0.05) is 24.8 Å². The van der Waals surface area contributed by atoms with Crippen molar-refractivity contribution >= 4 is 11.6 Å². The molecule has 0 radical (unpaired) electrons. The fraction of sp³-hybridized carbons (Fsp3) is 0.385. The van der Waals surface area contributed by atoms with Crippen LogP contribution in [0.15, 0.2) is 30.0 Å². The van der Waals surface area contributed by atoms with E-state index in [0.29, 0.717) is 5.56 Å². The quantitative estimate of drug-likeness (QED) is 0.562. The van der Waals surface area contributed by atoms with E-state index in [2.05, 4.69) is 22.9 Å². The van der Waals surface area contributed by atoms with Gasteiger partial charge in [-0.15, -0.1) is 0 Å². The van der Waals surface area contributed by atoms with Crippen LogP contribution in [0.3, 0.4) is 0 Å². The van der Waals surface area contributed by atoms with Crippen LogP contribution in [-0.2, 0) is 0 Å². The Morgan fingerprint density at radius 1 is 1.44 bits per heavy atom. The minimum absolute atomic E-state index is 0.0634. The van der Waals surface area contributed by atoms with Gasteiger partial charge < -0.3 is 4.90 Å². The van der Waals surface area contributed by atoms with Gasteiger partial charge >= 0.3 is 0 Å². The molecule has 0 bridgehead atoms. The molecule has 0 fully saturated rings. The van der Waals surface area contributed by atoms with Crippen LogP contribution in [0.1, 0.15) is 30.6 Å². The van der Waals surface area contributed by atoms with E-state index < -0.39 is 0 Å². The number of nitrogens with zero attached hydrogens (tertiary/aromatic N) is 2. The molecule has 0 saturated carbocycles. The Morgan fingerprint density at radius 2 is 2.25 bits per heavy atom. The predicted octanol–water partition coefficient (Wildman–Crippen LogP) is 2.44. The summed E-state index contributed by atoms with van der Waals surface area (Å²) in [6, 6.07) is 3.76. The second-order valence-electron chi connectivity index (χ2n) is 4.21. The normalized spacial score (nSPS) is 15.9. The van der Waals surface area contributed by atoms with E-state index in [9.17, 15) is 4.79 Å². The van der Waals surface area contributed by atoms with Gasteiger partial charge in [-0.25, -0.2) is 4.98 Å². The molecule has 16 heavy (non-hydrogen) atoms. The summed E-state index contributed by atoms with van der Waals surface area (Å²) >= 11 is 0. The Morgan fingerprint density at radius 3 is 2.75 bits per heavy atom.